The Balaban J connectivity index is 2.31. The predicted molar refractivity (Wildman–Crippen MR) is 62.2 cm³/mol. The van der Waals surface area contributed by atoms with Gasteiger partial charge >= 0.3 is 0 Å². The Hall–Kier alpha value is -1.72. The third-order valence-corrected chi connectivity index (χ3v) is 2.80. The minimum atomic E-state index is 0.0377. The van der Waals surface area contributed by atoms with Gasteiger partial charge in [-0.1, -0.05) is 0 Å². The fraction of sp³-hybridized carbons (Fsp3) is 0.600. The molecule has 0 bridgehead atoms. The molecule has 0 spiro atoms. The van der Waals surface area contributed by atoms with E-state index in [0.717, 1.165) is 31.0 Å². The van der Waals surface area contributed by atoms with Crippen molar-refractivity contribution in [3.63, 3.8) is 0 Å². The molecule has 0 saturated carbocycles. The molecule has 1 fully saturated rings. The number of carbonyl (C=O) groups is 1. The van der Waals surface area contributed by atoms with E-state index in [2.05, 4.69) is 10.4 Å². The van der Waals surface area contributed by atoms with Crippen LogP contribution in [0.25, 0.3) is 0 Å². The van der Waals surface area contributed by atoms with Gasteiger partial charge < -0.3 is 16.0 Å². The molecule has 0 radical (unpaired) electrons. The van der Waals surface area contributed by atoms with E-state index in [1.807, 2.05) is 18.9 Å². The molecule has 3 N–H and O–H groups in total. The Labute approximate surface area is 94.4 Å². The van der Waals surface area contributed by atoms with E-state index in [9.17, 15) is 4.79 Å². The van der Waals surface area contributed by atoms with Crippen LogP contribution in [0.3, 0.4) is 0 Å². The van der Waals surface area contributed by atoms with Gasteiger partial charge in [0.05, 0.1) is 17.9 Å². The van der Waals surface area contributed by atoms with Crippen molar-refractivity contribution in [1.82, 2.24) is 15.1 Å². The van der Waals surface area contributed by atoms with Crippen molar-refractivity contribution in [3.05, 3.63) is 5.69 Å². The zero-order chi connectivity index (χ0) is 11.7. The number of anilines is 2. The van der Waals surface area contributed by atoms with E-state index in [4.69, 9.17) is 5.73 Å². The number of amides is 1. The van der Waals surface area contributed by atoms with Crippen molar-refractivity contribution < 1.29 is 4.79 Å². The van der Waals surface area contributed by atoms with Crippen LogP contribution < -0.4 is 16.0 Å². The second-order valence-corrected chi connectivity index (χ2v) is 4.07. The number of nitrogens with one attached hydrogen (secondary N) is 1. The topological polar surface area (TPSA) is 76.2 Å². The van der Waals surface area contributed by atoms with Gasteiger partial charge in [-0.3, -0.25) is 9.48 Å². The highest BCUT2D eigenvalue weighted by Gasteiger charge is 2.21. The summed E-state index contributed by atoms with van der Waals surface area (Å²) in [5.41, 5.74) is 7.45. The molecular formula is C10H17N5O. The zero-order valence-corrected chi connectivity index (χ0v) is 9.66. The number of hydrogen-bond donors (Lipinski definition) is 2. The number of aryl methyl sites for hydroxylation is 2. The molecule has 1 amide bonds. The molecule has 6 nitrogen and oxygen atoms in total. The Morgan fingerprint density at radius 3 is 2.88 bits per heavy atom. The number of aromatic nitrogens is 2. The van der Waals surface area contributed by atoms with Gasteiger partial charge in [0.25, 0.3) is 0 Å². The number of nitrogen functional groups attached to an aromatic ring is 1. The summed E-state index contributed by atoms with van der Waals surface area (Å²) >= 11 is 0. The van der Waals surface area contributed by atoms with Gasteiger partial charge in [-0.05, 0) is 13.3 Å². The summed E-state index contributed by atoms with van der Waals surface area (Å²) in [6, 6.07) is 0. The van der Waals surface area contributed by atoms with Crippen LogP contribution in [0.5, 0.6) is 0 Å². The van der Waals surface area contributed by atoms with Crippen LogP contribution in [0.1, 0.15) is 12.1 Å². The lowest BCUT2D eigenvalue weighted by Crippen LogP contribution is -2.34. The second-order valence-electron chi connectivity index (χ2n) is 4.07. The molecule has 88 valence electrons. The molecule has 1 aromatic rings. The summed E-state index contributed by atoms with van der Waals surface area (Å²) in [6.07, 6.45) is 0.926. The van der Waals surface area contributed by atoms with Crippen LogP contribution in [0.2, 0.25) is 0 Å². The summed E-state index contributed by atoms with van der Waals surface area (Å²) < 4.78 is 1.74. The monoisotopic (exact) mass is 223 g/mol. The normalized spacial score (nSPS) is 17.1. The summed E-state index contributed by atoms with van der Waals surface area (Å²) in [4.78, 5) is 13.5. The average Bonchev–Trinajstić information content (AvgIpc) is 2.42. The number of nitrogens with zero attached hydrogens (tertiary/aromatic N) is 3. The van der Waals surface area contributed by atoms with Crippen LogP contribution in [0.15, 0.2) is 0 Å². The standard InChI is InChI=1S/C10H17N5O/c1-7-9(11)10(14(2)13-7)15-5-3-4-12-8(16)6-15/h3-6,11H2,1-2H3,(H,12,16). The van der Waals surface area contributed by atoms with Crippen LogP contribution in [-0.4, -0.2) is 35.3 Å². The second kappa shape index (κ2) is 4.03. The number of hydrogen-bond acceptors (Lipinski definition) is 4. The Kier molecular flexibility index (Phi) is 2.72. The Bertz CT molecular complexity index is 412. The SMILES string of the molecule is Cc1nn(C)c(N2CCCNC(=O)C2)c1N. The van der Waals surface area contributed by atoms with Gasteiger partial charge in [0, 0.05) is 20.1 Å². The van der Waals surface area contributed by atoms with Gasteiger partial charge in [-0.2, -0.15) is 5.10 Å². The van der Waals surface area contributed by atoms with Crippen LogP contribution in [-0.2, 0) is 11.8 Å². The van der Waals surface area contributed by atoms with Crippen molar-refractivity contribution in [2.24, 2.45) is 7.05 Å². The molecule has 1 aliphatic rings. The maximum atomic E-state index is 11.5. The van der Waals surface area contributed by atoms with Gasteiger partial charge in [0.15, 0.2) is 5.82 Å². The Morgan fingerprint density at radius 2 is 2.25 bits per heavy atom. The number of nitrogens with two attached hydrogens (primary N) is 1. The first-order valence-corrected chi connectivity index (χ1v) is 5.40. The highest BCUT2D eigenvalue weighted by Crippen LogP contribution is 2.25. The van der Waals surface area contributed by atoms with E-state index in [1.54, 1.807) is 4.68 Å². The molecule has 6 heteroatoms. The molecule has 0 unspecified atom stereocenters. The molecule has 16 heavy (non-hydrogen) atoms. The largest absolute Gasteiger partial charge is 0.394 e. The van der Waals surface area contributed by atoms with Gasteiger partial charge in [0.1, 0.15) is 0 Å². The lowest BCUT2D eigenvalue weighted by Gasteiger charge is -2.21. The van der Waals surface area contributed by atoms with Crippen LogP contribution in [0, 0.1) is 6.92 Å². The van der Waals surface area contributed by atoms with Crippen LogP contribution >= 0.6 is 0 Å². The lowest BCUT2D eigenvalue weighted by atomic mass is 10.3. The molecule has 2 rings (SSSR count). The van der Waals surface area contributed by atoms with E-state index >= 15 is 0 Å². The maximum absolute atomic E-state index is 11.5. The highest BCUT2D eigenvalue weighted by molar-refractivity contribution is 5.83. The highest BCUT2D eigenvalue weighted by atomic mass is 16.2. The third-order valence-electron chi connectivity index (χ3n) is 2.80. The first-order chi connectivity index (χ1) is 7.59. The summed E-state index contributed by atoms with van der Waals surface area (Å²) in [5.74, 6) is 0.880. The van der Waals surface area contributed by atoms with Gasteiger partial charge in [-0.25, -0.2) is 0 Å². The van der Waals surface area contributed by atoms with Crippen molar-refractivity contribution >= 4 is 17.4 Å². The molecule has 1 saturated heterocycles. The third kappa shape index (κ3) is 1.82. The molecule has 1 aliphatic heterocycles. The fourth-order valence-corrected chi connectivity index (χ4v) is 2.02. The molecule has 0 aliphatic carbocycles. The van der Waals surface area contributed by atoms with Crippen molar-refractivity contribution in [2.75, 3.05) is 30.3 Å². The average molecular weight is 223 g/mol. The first-order valence-electron chi connectivity index (χ1n) is 5.40. The molecule has 1 aromatic heterocycles. The number of carbonyl (C=O) groups excluding carboxylic acids is 1. The first kappa shape index (κ1) is 10.8. The summed E-state index contributed by atoms with van der Waals surface area (Å²) in [6.45, 7) is 3.77. The zero-order valence-electron chi connectivity index (χ0n) is 9.66. The van der Waals surface area contributed by atoms with Crippen molar-refractivity contribution in [3.8, 4) is 0 Å². The van der Waals surface area contributed by atoms with E-state index in [1.165, 1.54) is 0 Å². The van der Waals surface area contributed by atoms with E-state index < -0.39 is 0 Å². The molecule has 0 atom stereocenters. The molecule has 2 heterocycles. The minimum absolute atomic E-state index is 0.0377. The lowest BCUT2D eigenvalue weighted by molar-refractivity contribution is -0.119. The number of rotatable bonds is 1. The van der Waals surface area contributed by atoms with Crippen molar-refractivity contribution in [2.45, 2.75) is 13.3 Å². The Morgan fingerprint density at radius 1 is 1.50 bits per heavy atom. The van der Waals surface area contributed by atoms with Crippen LogP contribution in [0.4, 0.5) is 11.5 Å². The minimum Gasteiger partial charge on any atom is -0.394 e. The molecular weight excluding hydrogens is 206 g/mol. The van der Waals surface area contributed by atoms with Gasteiger partial charge in [0.2, 0.25) is 5.91 Å². The fourth-order valence-electron chi connectivity index (χ4n) is 2.02. The quantitative estimate of drug-likeness (QED) is 0.681. The summed E-state index contributed by atoms with van der Waals surface area (Å²) in [7, 11) is 1.85. The van der Waals surface area contributed by atoms with E-state index in [-0.39, 0.29) is 5.91 Å². The summed E-state index contributed by atoms with van der Waals surface area (Å²) in [5, 5.41) is 7.10. The maximum Gasteiger partial charge on any atom is 0.239 e. The smallest absolute Gasteiger partial charge is 0.239 e. The predicted octanol–water partition coefficient (Wildman–Crippen LogP) is -0.363. The van der Waals surface area contributed by atoms with E-state index in [0.29, 0.717) is 12.2 Å². The molecule has 0 aromatic carbocycles. The van der Waals surface area contributed by atoms with Gasteiger partial charge in [-0.15, -0.1) is 0 Å². The van der Waals surface area contributed by atoms with Crippen molar-refractivity contribution in [1.29, 1.82) is 0 Å².